The molecule has 0 aliphatic carbocycles. The van der Waals surface area contributed by atoms with Gasteiger partial charge in [0.15, 0.2) is 0 Å². The van der Waals surface area contributed by atoms with E-state index in [2.05, 4.69) is 15.3 Å². The maximum absolute atomic E-state index is 13.1. The molecule has 2 N–H and O–H groups in total. The van der Waals surface area contributed by atoms with E-state index in [1.165, 1.54) is 6.07 Å². The fourth-order valence-electron chi connectivity index (χ4n) is 3.19. The number of anilines is 1. The summed E-state index contributed by atoms with van der Waals surface area (Å²) in [6, 6.07) is 16.6. The van der Waals surface area contributed by atoms with E-state index in [1.54, 1.807) is 54.9 Å². The molecule has 1 unspecified atom stereocenters. The highest BCUT2D eigenvalue weighted by Gasteiger charge is 2.31. The minimum Gasteiger partial charge on any atom is -0.505 e. The third-order valence-electron chi connectivity index (χ3n) is 4.57. The van der Waals surface area contributed by atoms with Crippen molar-refractivity contribution in [3.8, 4) is 5.75 Å². The van der Waals surface area contributed by atoms with Gasteiger partial charge in [-0.2, -0.15) is 13.2 Å². The molecule has 0 bridgehead atoms. The third-order valence-corrected chi connectivity index (χ3v) is 4.57. The number of pyridine rings is 2. The number of aromatic hydroxyl groups is 1. The molecule has 4 nitrogen and oxygen atoms in total. The molecule has 0 amide bonds. The normalized spacial score (nSPS) is 12.7. The van der Waals surface area contributed by atoms with Crippen molar-refractivity contribution >= 4 is 16.6 Å². The zero-order chi connectivity index (χ0) is 20.4. The van der Waals surface area contributed by atoms with Gasteiger partial charge in [0.05, 0.1) is 17.3 Å². The Morgan fingerprint density at radius 2 is 1.69 bits per heavy atom. The van der Waals surface area contributed by atoms with Gasteiger partial charge >= 0.3 is 6.18 Å². The van der Waals surface area contributed by atoms with Crippen LogP contribution >= 0.6 is 0 Å². The minimum atomic E-state index is -4.45. The molecule has 0 aliphatic heterocycles. The summed E-state index contributed by atoms with van der Waals surface area (Å²) < 4.78 is 39.3. The summed E-state index contributed by atoms with van der Waals surface area (Å²) >= 11 is 0. The molecule has 1 atom stereocenters. The standard InChI is InChI=1S/C22H16F3N3O/c23-22(24,25)15-6-3-7-16(13-15)28-20(18-8-1-2-11-26-18)17-10-9-14-5-4-12-27-19(14)21(17)29/h1-13,20,28-29H. The van der Waals surface area contributed by atoms with Crippen LogP contribution in [-0.2, 0) is 6.18 Å². The number of hydrogen-bond acceptors (Lipinski definition) is 4. The van der Waals surface area contributed by atoms with E-state index in [9.17, 15) is 18.3 Å². The second-order valence-corrected chi connectivity index (χ2v) is 6.49. The van der Waals surface area contributed by atoms with E-state index in [-0.39, 0.29) is 11.4 Å². The molecule has 0 aliphatic rings. The lowest BCUT2D eigenvalue weighted by molar-refractivity contribution is -0.137. The fourth-order valence-corrected chi connectivity index (χ4v) is 3.19. The summed E-state index contributed by atoms with van der Waals surface area (Å²) in [6.07, 6.45) is -1.29. The summed E-state index contributed by atoms with van der Waals surface area (Å²) in [4.78, 5) is 8.55. The predicted octanol–water partition coefficient (Wildman–Crippen LogP) is 5.56. The van der Waals surface area contributed by atoms with Gasteiger partial charge in [-0.1, -0.05) is 30.3 Å². The van der Waals surface area contributed by atoms with Crippen molar-refractivity contribution in [2.75, 3.05) is 5.32 Å². The largest absolute Gasteiger partial charge is 0.505 e. The van der Waals surface area contributed by atoms with Gasteiger partial charge < -0.3 is 10.4 Å². The smallest absolute Gasteiger partial charge is 0.416 e. The fraction of sp³-hybridized carbons (Fsp3) is 0.0909. The molecular formula is C22H16F3N3O. The van der Waals surface area contributed by atoms with Gasteiger partial charge in [-0.05, 0) is 36.4 Å². The van der Waals surface area contributed by atoms with Crippen LogP contribution in [0, 0.1) is 0 Å². The molecular weight excluding hydrogens is 379 g/mol. The zero-order valence-electron chi connectivity index (χ0n) is 15.1. The quantitative estimate of drug-likeness (QED) is 0.475. The third kappa shape index (κ3) is 3.85. The molecule has 4 aromatic rings. The van der Waals surface area contributed by atoms with Crippen LogP contribution in [-0.4, -0.2) is 15.1 Å². The molecule has 2 heterocycles. The predicted molar refractivity (Wildman–Crippen MR) is 105 cm³/mol. The van der Waals surface area contributed by atoms with Crippen LogP contribution in [0.15, 0.2) is 79.1 Å². The molecule has 0 saturated heterocycles. The summed E-state index contributed by atoms with van der Waals surface area (Å²) in [5.41, 5.74) is 0.933. The Morgan fingerprint density at radius 3 is 2.45 bits per heavy atom. The van der Waals surface area contributed by atoms with E-state index in [0.29, 0.717) is 16.8 Å². The van der Waals surface area contributed by atoms with Gasteiger partial charge in [-0.25, -0.2) is 0 Å². The maximum Gasteiger partial charge on any atom is 0.416 e. The lowest BCUT2D eigenvalue weighted by atomic mass is 9.99. The number of alkyl halides is 3. The Balaban J connectivity index is 1.81. The Morgan fingerprint density at radius 1 is 0.862 bits per heavy atom. The van der Waals surface area contributed by atoms with Gasteiger partial charge in [-0.3, -0.25) is 9.97 Å². The highest BCUT2D eigenvalue weighted by atomic mass is 19.4. The first kappa shape index (κ1) is 18.7. The number of aromatic nitrogens is 2. The number of hydrogen-bond donors (Lipinski definition) is 2. The first-order chi connectivity index (χ1) is 13.9. The van der Waals surface area contributed by atoms with Crippen molar-refractivity contribution < 1.29 is 18.3 Å². The summed E-state index contributed by atoms with van der Waals surface area (Å²) in [5, 5.41) is 14.7. The molecule has 0 spiro atoms. The van der Waals surface area contributed by atoms with Crippen molar-refractivity contribution in [3.05, 3.63) is 95.9 Å². The van der Waals surface area contributed by atoms with Crippen LogP contribution in [0.4, 0.5) is 18.9 Å². The highest BCUT2D eigenvalue weighted by molar-refractivity contribution is 5.86. The van der Waals surface area contributed by atoms with Crippen molar-refractivity contribution in [2.24, 2.45) is 0 Å². The van der Waals surface area contributed by atoms with E-state index in [0.717, 1.165) is 17.5 Å². The Kier molecular flexibility index (Phi) is 4.80. The number of benzene rings is 2. The average Bonchev–Trinajstić information content (AvgIpc) is 2.73. The van der Waals surface area contributed by atoms with Crippen molar-refractivity contribution in [1.82, 2.24) is 9.97 Å². The van der Waals surface area contributed by atoms with Gasteiger partial charge in [0, 0.05) is 29.0 Å². The van der Waals surface area contributed by atoms with Crippen LogP contribution < -0.4 is 5.32 Å². The van der Waals surface area contributed by atoms with E-state index < -0.39 is 17.8 Å². The van der Waals surface area contributed by atoms with Crippen LogP contribution in [0.1, 0.15) is 22.9 Å². The molecule has 0 saturated carbocycles. The van der Waals surface area contributed by atoms with Gasteiger partial charge in [0.2, 0.25) is 0 Å². The summed E-state index contributed by atoms with van der Waals surface area (Å²) in [7, 11) is 0. The second kappa shape index (κ2) is 7.43. The summed E-state index contributed by atoms with van der Waals surface area (Å²) in [6.45, 7) is 0. The molecule has 7 heteroatoms. The average molecular weight is 395 g/mol. The number of phenolic OH excluding ortho intramolecular Hbond substituents is 1. The first-order valence-electron chi connectivity index (χ1n) is 8.85. The van der Waals surface area contributed by atoms with Crippen LogP contribution in [0.2, 0.25) is 0 Å². The topological polar surface area (TPSA) is 58.0 Å². The molecule has 0 fully saturated rings. The van der Waals surface area contributed by atoms with E-state index >= 15 is 0 Å². The molecule has 146 valence electrons. The molecule has 29 heavy (non-hydrogen) atoms. The van der Waals surface area contributed by atoms with Crippen LogP contribution in [0.5, 0.6) is 5.75 Å². The number of rotatable bonds is 4. The summed E-state index contributed by atoms with van der Waals surface area (Å²) in [5.74, 6) is -0.0433. The van der Waals surface area contributed by atoms with Crippen molar-refractivity contribution in [1.29, 1.82) is 0 Å². The lowest BCUT2D eigenvalue weighted by Crippen LogP contribution is -2.15. The van der Waals surface area contributed by atoms with Crippen molar-refractivity contribution in [3.63, 3.8) is 0 Å². The molecule has 2 aromatic heterocycles. The number of nitrogens with zero attached hydrogens (tertiary/aromatic N) is 2. The Hall–Kier alpha value is -3.61. The number of nitrogens with one attached hydrogen (secondary N) is 1. The number of fused-ring (bicyclic) bond motifs is 1. The van der Waals surface area contributed by atoms with E-state index in [4.69, 9.17) is 0 Å². The molecule has 4 rings (SSSR count). The maximum atomic E-state index is 13.1. The molecule has 2 aromatic carbocycles. The second-order valence-electron chi connectivity index (χ2n) is 6.49. The minimum absolute atomic E-state index is 0.0433. The number of halogens is 3. The monoisotopic (exact) mass is 395 g/mol. The Labute approximate surface area is 164 Å². The highest BCUT2D eigenvalue weighted by Crippen LogP contribution is 2.37. The van der Waals surface area contributed by atoms with Crippen LogP contribution in [0.3, 0.4) is 0 Å². The molecule has 0 radical (unpaired) electrons. The van der Waals surface area contributed by atoms with Crippen LogP contribution in [0.25, 0.3) is 10.9 Å². The first-order valence-corrected chi connectivity index (χ1v) is 8.85. The van der Waals surface area contributed by atoms with Gasteiger partial charge in [0.1, 0.15) is 11.3 Å². The van der Waals surface area contributed by atoms with Crippen molar-refractivity contribution in [2.45, 2.75) is 12.2 Å². The SMILES string of the molecule is Oc1c(C(Nc2cccc(C(F)(F)F)c2)c2ccccn2)ccc2cccnc12. The Bertz CT molecular complexity index is 1150. The lowest BCUT2D eigenvalue weighted by Gasteiger charge is -2.22. The zero-order valence-corrected chi connectivity index (χ0v) is 15.1. The number of phenols is 1. The van der Waals surface area contributed by atoms with E-state index in [1.807, 2.05) is 6.07 Å². The van der Waals surface area contributed by atoms with Gasteiger partial charge in [0.25, 0.3) is 0 Å². The van der Waals surface area contributed by atoms with Gasteiger partial charge in [-0.15, -0.1) is 0 Å².